The van der Waals surface area contributed by atoms with Gasteiger partial charge < -0.3 is 28.8 Å². The average Bonchev–Trinajstić information content (AvgIpc) is 3.89. The molecule has 2 atom stereocenters. The summed E-state index contributed by atoms with van der Waals surface area (Å²) in [6.07, 6.45) is 2.71. The predicted octanol–water partition coefficient (Wildman–Crippen LogP) is 5.92. The largest absolute Gasteiger partial charge is 0.481 e. The van der Waals surface area contributed by atoms with Gasteiger partial charge in [0, 0.05) is 67.7 Å². The molecule has 5 heterocycles. The van der Waals surface area contributed by atoms with Gasteiger partial charge in [0.2, 0.25) is 5.88 Å². The Labute approximate surface area is 300 Å². The number of carbonyl (C=O) groups is 1. The lowest BCUT2D eigenvalue weighted by atomic mass is 9.93. The number of aliphatic hydroxyl groups is 1. The van der Waals surface area contributed by atoms with Crippen LogP contribution < -0.4 is 10.2 Å². The van der Waals surface area contributed by atoms with E-state index in [4.69, 9.17) is 31.1 Å². The molecule has 2 aliphatic heterocycles. The molecule has 0 saturated carbocycles. The smallest absolute Gasteiger partial charge is 0.307 e. The van der Waals surface area contributed by atoms with Crippen LogP contribution in [0.15, 0.2) is 65.2 Å². The molecule has 0 bridgehead atoms. The van der Waals surface area contributed by atoms with Crippen LogP contribution in [0, 0.1) is 29.6 Å². The van der Waals surface area contributed by atoms with E-state index in [0.29, 0.717) is 84.6 Å². The molecule has 2 aromatic carbocycles. The maximum absolute atomic E-state index is 11.4. The highest BCUT2D eigenvalue weighted by atomic mass is 35.5. The number of aliphatic carboxylic acids is 1. The number of nitriles is 1. The molecule has 2 saturated heterocycles. The summed E-state index contributed by atoms with van der Waals surface area (Å²) in [7, 11) is 1.61. The van der Waals surface area contributed by atoms with Crippen LogP contribution in [0.2, 0.25) is 5.02 Å². The van der Waals surface area contributed by atoms with Crippen molar-refractivity contribution in [2.45, 2.75) is 39.0 Å². The number of rotatable bonds is 10. The molecule has 0 radical (unpaired) electrons. The first-order chi connectivity index (χ1) is 24.6. The average molecular weight is 707 g/mol. The first-order valence-electron chi connectivity index (χ1n) is 17.1. The Morgan fingerprint density at radius 3 is 2.51 bits per heavy atom. The molecule has 0 unspecified atom stereocenters. The maximum atomic E-state index is 11.4. The van der Waals surface area contributed by atoms with Crippen LogP contribution in [0.4, 0.5) is 0 Å². The highest BCUT2D eigenvalue weighted by Gasteiger charge is 2.28. The Bertz CT molecular complexity index is 2240. The number of carboxylic acids is 1. The maximum Gasteiger partial charge on any atom is 0.307 e. The Morgan fingerprint density at radius 1 is 1.06 bits per heavy atom. The van der Waals surface area contributed by atoms with Gasteiger partial charge in [-0.2, -0.15) is 5.26 Å². The van der Waals surface area contributed by atoms with E-state index in [2.05, 4.69) is 15.9 Å². The van der Waals surface area contributed by atoms with E-state index in [1.165, 1.54) is 0 Å². The van der Waals surface area contributed by atoms with Crippen molar-refractivity contribution in [3.05, 3.63) is 88.0 Å². The van der Waals surface area contributed by atoms with Crippen molar-refractivity contribution in [1.29, 1.82) is 10.7 Å². The van der Waals surface area contributed by atoms with Crippen molar-refractivity contribution in [2.75, 3.05) is 39.8 Å². The lowest BCUT2D eigenvalue weighted by molar-refractivity contribution is -0.141. The SMILES string of the molecule is COc1nc(-c2cccc(-c3cccc(-c4cc5c(=N)n(CCN6CC[C@@H](C(=O)O)C6)cc(C#N)c5o4)c3C)c2Cl)ccc1CN1CC[C@@H](O)C1. The zero-order valence-corrected chi connectivity index (χ0v) is 29.3. The second-order valence-corrected chi connectivity index (χ2v) is 13.7. The van der Waals surface area contributed by atoms with Crippen LogP contribution in [0.3, 0.4) is 0 Å². The fourth-order valence-electron chi connectivity index (χ4n) is 7.32. The molecule has 11 nitrogen and oxygen atoms in total. The van der Waals surface area contributed by atoms with Crippen molar-refractivity contribution >= 4 is 28.5 Å². The van der Waals surface area contributed by atoms with Gasteiger partial charge in [-0.3, -0.25) is 15.1 Å². The Morgan fingerprint density at radius 2 is 1.80 bits per heavy atom. The third-order valence-corrected chi connectivity index (χ3v) is 10.5. The fraction of sp³-hybridized carbons (Fsp3) is 0.333. The zero-order chi connectivity index (χ0) is 35.8. The molecule has 5 aromatic rings. The third-order valence-electron chi connectivity index (χ3n) is 10.1. The molecule has 0 amide bonds. The van der Waals surface area contributed by atoms with Gasteiger partial charge in [0.25, 0.3) is 0 Å². The number of hydrogen-bond acceptors (Lipinski definition) is 9. The van der Waals surface area contributed by atoms with Crippen LogP contribution in [0.25, 0.3) is 44.7 Å². The van der Waals surface area contributed by atoms with Crippen molar-refractivity contribution in [3.8, 4) is 45.7 Å². The fourth-order valence-corrected chi connectivity index (χ4v) is 7.65. The van der Waals surface area contributed by atoms with E-state index in [9.17, 15) is 20.3 Å². The number of nitrogens with zero attached hydrogens (tertiary/aromatic N) is 5. The summed E-state index contributed by atoms with van der Waals surface area (Å²) in [4.78, 5) is 20.5. The van der Waals surface area contributed by atoms with Crippen molar-refractivity contribution in [1.82, 2.24) is 19.4 Å². The number of pyridine rings is 2. The Kier molecular flexibility index (Phi) is 9.68. The lowest BCUT2D eigenvalue weighted by Gasteiger charge is -2.18. The molecule has 0 spiro atoms. The summed E-state index contributed by atoms with van der Waals surface area (Å²) in [6, 6.07) is 19.7. The number of hydrogen-bond donors (Lipinski definition) is 3. The summed E-state index contributed by atoms with van der Waals surface area (Å²) < 4.78 is 13.7. The van der Waals surface area contributed by atoms with E-state index in [-0.39, 0.29) is 17.5 Å². The predicted molar refractivity (Wildman–Crippen MR) is 193 cm³/mol. The monoisotopic (exact) mass is 706 g/mol. The first kappa shape index (κ1) is 34.5. The molecule has 0 aliphatic carbocycles. The number of ether oxygens (including phenoxy) is 1. The molecule has 12 heteroatoms. The van der Waals surface area contributed by atoms with Gasteiger partial charge in [-0.05, 0) is 49.6 Å². The minimum absolute atomic E-state index is 0.226. The van der Waals surface area contributed by atoms with Gasteiger partial charge in [0.15, 0.2) is 5.58 Å². The number of furan rings is 1. The second-order valence-electron chi connectivity index (χ2n) is 13.4. The number of halogens is 1. The molecular formula is C39H39ClN6O5. The Hall–Kier alpha value is -4.99. The van der Waals surface area contributed by atoms with Gasteiger partial charge >= 0.3 is 5.97 Å². The van der Waals surface area contributed by atoms with E-state index in [1.807, 2.05) is 61.5 Å². The number of aliphatic hydroxyl groups excluding tert-OH is 1. The van der Waals surface area contributed by atoms with Crippen LogP contribution in [-0.4, -0.2) is 81.5 Å². The summed E-state index contributed by atoms with van der Waals surface area (Å²) in [5, 5.41) is 39.4. The second kappa shape index (κ2) is 14.3. The van der Waals surface area contributed by atoms with Gasteiger partial charge in [-0.1, -0.05) is 54.1 Å². The van der Waals surface area contributed by atoms with E-state index >= 15 is 0 Å². The van der Waals surface area contributed by atoms with Crippen LogP contribution in [0.1, 0.15) is 29.5 Å². The number of likely N-dealkylation sites (tertiary alicyclic amines) is 2. The molecule has 2 fully saturated rings. The standard InChI is InChI=1S/C39H39ClN6O5/c1-23-28(30-7-4-8-31(35(30)40)33-10-9-24(38(43-33)50-2)19-45-14-12-27(47)22-45)5-3-6-29(23)34-17-32-36(51-34)26(18-41)21-46(37(32)42)16-15-44-13-11-25(20-44)39(48)49/h3-10,17,21,25,27,42,47H,11-16,19-20,22H2,1-2H3,(H,48,49)/t25-,27-/m1/s1. The van der Waals surface area contributed by atoms with E-state index in [0.717, 1.165) is 46.3 Å². The van der Waals surface area contributed by atoms with Crippen LogP contribution in [-0.2, 0) is 17.9 Å². The highest BCUT2D eigenvalue weighted by molar-refractivity contribution is 6.36. The quantitative estimate of drug-likeness (QED) is 0.161. The molecular weight excluding hydrogens is 668 g/mol. The number of benzene rings is 2. The number of methoxy groups -OCH3 is 1. The molecule has 7 rings (SSSR count). The molecule has 3 N–H and O–H groups in total. The number of β-amino-alcohol motifs (C(OH)–C–C–N with tert-alkyl or cyclic N) is 1. The molecule has 3 aromatic heterocycles. The highest BCUT2D eigenvalue weighted by Crippen LogP contribution is 2.41. The lowest BCUT2D eigenvalue weighted by Crippen LogP contribution is -2.30. The minimum Gasteiger partial charge on any atom is -0.481 e. The number of carboxylic acid groups (broad SMARTS) is 1. The molecule has 51 heavy (non-hydrogen) atoms. The van der Waals surface area contributed by atoms with Gasteiger partial charge in [0.1, 0.15) is 22.9 Å². The summed E-state index contributed by atoms with van der Waals surface area (Å²) in [5.74, 6) is -0.0912. The zero-order valence-electron chi connectivity index (χ0n) is 28.5. The van der Waals surface area contributed by atoms with Gasteiger partial charge in [0.05, 0.1) is 35.2 Å². The number of aromatic nitrogens is 2. The topological polar surface area (TPSA) is 152 Å². The van der Waals surface area contributed by atoms with Gasteiger partial charge in [-0.25, -0.2) is 4.98 Å². The Balaban J connectivity index is 1.19. The number of nitrogens with one attached hydrogen (secondary N) is 1. The normalized spacial score (nSPS) is 18.0. The van der Waals surface area contributed by atoms with Crippen molar-refractivity contribution in [2.24, 2.45) is 5.92 Å². The van der Waals surface area contributed by atoms with E-state index in [1.54, 1.807) is 17.9 Å². The van der Waals surface area contributed by atoms with Crippen LogP contribution in [0.5, 0.6) is 5.88 Å². The summed E-state index contributed by atoms with van der Waals surface area (Å²) in [5.41, 5.74) is 6.76. The third kappa shape index (κ3) is 6.76. The van der Waals surface area contributed by atoms with Crippen molar-refractivity contribution < 1.29 is 24.2 Å². The first-order valence-corrected chi connectivity index (χ1v) is 17.4. The molecule has 2 aliphatic rings. The van der Waals surface area contributed by atoms with Gasteiger partial charge in [-0.15, -0.1) is 0 Å². The molecule has 262 valence electrons. The van der Waals surface area contributed by atoms with Crippen LogP contribution >= 0.6 is 11.6 Å². The number of fused-ring (bicyclic) bond motifs is 1. The summed E-state index contributed by atoms with van der Waals surface area (Å²) in [6.45, 7) is 6.30. The van der Waals surface area contributed by atoms with E-state index < -0.39 is 5.97 Å². The van der Waals surface area contributed by atoms with Crippen molar-refractivity contribution in [3.63, 3.8) is 0 Å². The minimum atomic E-state index is -0.779. The summed E-state index contributed by atoms with van der Waals surface area (Å²) >= 11 is 7.14.